The van der Waals surface area contributed by atoms with Crippen LogP contribution in [0.3, 0.4) is 0 Å². The van der Waals surface area contributed by atoms with E-state index in [2.05, 4.69) is 6.92 Å². The molecule has 0 spiro atoms. The van der Waals surface area contributed by atoms with Gasteiger partial charge in [0.1, 0.15) is 5.78 Å². The number of methoxy groups -OCH3 is 1. The molecule has 2 nitrogen and oxygen atoms in total. The van der Waals surface area contributed by atoms with E-state index >= 15 is 0 Å². The van der Waals surface area contributed by atoms with E-state index in [-0.39, 0.29) is 44.6 Å². The number of rotatable bonds is 3. The Morgan fingerprint density at radius 3 is 2.33 bits per heavy atom. The number of carbonyl (C=O) groups is 1. The average molecular weight is 204 g/mol. The van der Waals surface area contributed by atoms with E-state index < -0.39 is 0 Å². The first-order valence-corrected chi connectivity index (χ1v) is 2.52. The minimum absolute atomic E-state index is 0. The number of Topliss-reactive ketones (excluding diaryl/α,β-unsaturated/α-hetero) is 1. The summed E-state index contributed by atoms with van der Waals surface area (Å²) in [6.07, 6.45) is 0.240. The predicted octanol–water partition coefficient (Wildman–Crippen LogP) is 0.812. The first-order chi connectivity index (χ1) is 3.66. The summed E-state index contributed by atoms with van der Waals surface area (Å²) in [5, 5.41) is 0. The van der Waals surface area contributed by atoms with Crippen molar-refractivity contribution in [3.8, 4) is 0 Å². The first kappa shape index (κ1) is 12.4. The Morgan fingerprint density at radius 2 is 2.22 bits per heavy atom. The summed E-state index contributed by atoms with van der Waals surface area (Å²) in [6.45, 7) is 5.08. The molecule has 1 unspecified atom stereocenters. The molecule has 0 aromatic heterocycles. The number of hydrogen-bond acceptors (Lipinski definition) is 2. The third kappa shape index (κ3) is 8.73. The van der Waals surface area contributed by atoms with E-state index in [9.17, 15) is 4.79 Å². The summed E-state index contributed by atoms with van der Waals surface area (Å²) in [7, 11) is 1.54. The largest absolute Gasteiger partial charge is 0.413 e. The van der Waals surface area contributed by atoms with Crippen LogP contribution in [0.1, 0.15) is 13.3 Å². The Hall–Kier alpha value is 0.734. The van der Waals surface area contributed by atoms with Crippen molar-refractivity contribution in [1.29, 1.82) is 0 Å². The summed E-state index contributed by atoms with van der Waals surface area (Å²) in [5.74, 6) is 0.117. The molecule has 0 aromatic rings. The number of hydrogen-bond donors (Lipinski definition) is 0. The fourth-order valence-corrected chi connectivity index (χ4v) is 0.404. The molecule has 0 saturated carbocycles. The van der Waals surface area contributed by atoms with Gasteiger partial charge in [-0.3, -0.25) is 0 Å². The fourth-order valence-electron chi connectivity index (χ4n) is 0.404. The molecule has 0 aromatic carbocycles. The molecular formula is C6H11O2Y-. The molecule has 0 aliphatic heterocycles. The van der Waals surface area contributed by atoms with Crippen LogP contribution in [0.4, 0.5) is 0 Å². The SMILES string of the molecule is [CH2-]C(CC(C)=O)OC.[Y]. The van der Waals surface area contributed by atoms with E-state index in [1.807, 2.05) is 0 Å². The maximum absolute atomic E-state index is 10.3. The van der Waals surface area contributed by atoms with Gasteiger partial charge >= 0.3 is 0 Å². The smallest absolute Gasteiger partial charge is 0.129 e. The van der Waals surface area contributed by atoms with Gasteiger partial charge in [-0.1, -0.05) is 6.10 Å². The van der Waals surface area contributed by atoms with Gasteiger partial charge in [-0.2, -0.15) is 0 Å². The molecule has 1 radical (unpaired) electrons. The molecule has 3 heteroatoms. The van der Waals surface area contributed by atoms with Crippen LogP contribution in [-0.2, 0) is 42.2 Å². The maximum Gasteiger partial charge on any atom is 0.129 e. The Kier molecular flexibility index (Phi) is 9.45. The molecule has 0 N–H and O–H groups in total. The van der Waals surface area contributed by atoms with Gasteiger partial charge in [-0.25, -0.2) is 0 Å². The molecule has 0 rings (SSSR count). The standard InChI is InChI=1S/C6H11O2.Y/c1-5(7)4-6(2)8-3;/h6H,2,4H2,1,3H3;/q-1;. The van der Waals surface area contributed by atoms with Crippen LogP contribution in [0.5, 0.6) is 0 Å². The molecule has 0 saturated heterocycles. The second-order valence-corrected chi connectivity index (χ2v) is 1.76. The van der Waals surface area contributed by atoms with Gasteiger partial charge in [0, 0.05) is 46.2 Å². The second-order valence-electron chi connectivity index (χ2n) is 1.76. The van der Waals surface area contributed by atoms with Crippen molar-refractivity contribution in [2.45, 2.75) is 19.4 Å². The van der Waals surface area contributed by atoms with Gasteiger partial charge in [0.05, 0.1) is 0 Å². The fraction of sp³-hybridized carbons (Fsp3) is 0.667. The zero-order chi connectivity index (χ0) is 6.57. The zero-order valence-electron chi connectivity index (χ0n) is 5.89. The number of ketones is 1. The topological polar surface area (TPSA) is 26.3 Å². The summed E-state index contributed by atoms with van der Waals surface area (Å²) in [6, 6.07) is 0. The van der Waals surface area contributed by atoms with Gasteiger partial charge < -0.3 is 16.5 Å². The Bertz CT molecular complexity index is 83.1. The van der Waals surface area contributed by atoms with Gasteiger partial charge in [-0.05, 0) is 6.92 Å². The van der Waals surface area contributed by atoms with E-state index in [0.717, 1.165) is 0 Å². The average Bonchev–Trinajstić information content (AvgIpc) is 1.65. The van der Waals surface area contributed by atoms with Crippen molar-refractivity contribution in [1.82, 2.24) is 0 Å². The van der Waals surface area contributed by atoms with Crippen molar-refractivity contribution in [2.24, 2.45) is 0 Å². The quantitative estimate of drug-likeness (QED) is 0.636. The van der Waals surface area contributed by atoms with Gasteiger partial charge in [0.15, 0.2) is 0 Å². The van der Waals surface area contributed by atoms with Crippen LogP contribution in [0.2, 0.25) is 0 Å². The van der Waals surface area contributed by atoms with Crippen molar-refractivity contribution >= 4 is 5.78 Å². The predicted molar refractivity (Wildman–Crippen MR) is 31.5 cm³/mol. The maximum atomic E-state index is 10.3. The van der Waals surface area contributed by atoms with E-state index in [0.29, 0.717) is 6.42 Å². The second kappa shape index (κ2) is 6.85. The Balaban J connectivity index is 0. The third-order valence-corrected chi connectivity index (χ3v) is 0.848. The molecule has 0 aliphatic rings. The van der Waals surface area contributed by atoms with Crippen molar-refractivity contribution in [3.63, 3.8) is 0 Å². The van der Waals surface area contributed by atoms with Gasteiger partial charge in [0.25, 0.3) is 0 Å². The van der Waals surface area contributed by atoms with Crippen molar-refractivity contribution in [3.05, 3.63) is 6.92 Å². The van der Waals surface area contributed by atoms with Crippen molar-refractivity contribution < 1.29 is 42.2 Å². The molecular weight excluding hydrogens is 193 g/mol. The Morgan fingerprint density at radius 1 is 1.78 bits per heavy atom. The van der Waals surface area contributed by atoms with E-state index in [1.165, 1.54) is 6.92 Å². The first-order valence-electron chi connectivity index (χ1n) is 2.52. The van der Waals surface area contributed by atoms with Crippen LogP contribution < -0.4 is 0 Å². The van der Waals surface area contributed by atoms with Crippen molar-refractivity contribution in [2.75, 3.05) is 7.11 Å². The van der Waals surface area contributed by atoms with E-state index in [4.69, 9.17) is 4.74 Å². The van der Waals surface area contributed by atoms with Gasteiger partial charge in [-0.15, -0.1) is 0 Å². The van der Waals surface area contributed by atoms with Crippen LogP contribution in [0.25, 0.3) is 0 Å². The molecule has 1 atom stereocenters. The Labute approximate surface area is 81.2 Å². The summed E-state index contributed by atoms with van der Waals surface area (Å²) in [4.78, 5) is 10.3. The minimum Gasteiger partial charge on any atom is -0.413 e. The summed E-state index contributed by atoms with van der Waals surface area (Å²) >= 11 is 0. The van der Waals surface area contributed by atoms with Crippen LogP contribution in [0.15, 0.2) is 0 Å². The van der Waals surface area contributed by atoms with Crippen LogP contribution in [-0.4, -0.2) is 19.0 Å². The number of ether oxygens (including phenoxy) is 1. The molecule has 0 heterocycles. The molecule has 0 bridgehead atoms. The van der Waals surface area contributed by atoms with E-state index in [1.54, 1.807) is 7.11 Å². The molecule has 9 heavy (non-hydrogen) atoms. The zero-order valence-corrected chi connectivity index (χ0v) is 8.72. The monoisotopic (exact) mass is 204 g/mol. The molecule has 0 aliphatic carbocycles. The minimum atomic E-state index is -0.174. The van der Waals surface area contributed by atoms with Crippen LogP contribution >= 0.6 is 0 Å². The van der Waals surface area contributed by atoms with Gasteiger partial charge in [0.2, 0.25) is 0 Å². The molecule has 0 fully saturated rings. The number of carbonyl (C=O) groups excluding carboxylic acids is 1. The third-order valence-electron chi connectivity index (χ3n) is 0.848. The molecule has 0 amide bonds. The summed E-state index contributed by atoms with van der Waals surface area (Å²) < 4.78 is 4.73. The normalized spacial score (nSPS) is 11.9. The molecule has 51 valence electrons. The van der Waals surface area contributed by atoms with Crippen LogP contribution in [0, 0.1) is 6.92 Å². The summed E-state index contributed by atoms with van der Waals surface area (Å²) in [5.41, 5.74) is 0.